The topological polar surface area (TPSA) is 76.3 Å². The average molecular weight is 352 g/mol. The summed E-state index contributed by atoms with van der Waals surface area (Å²) in [5.74, 6) is 1.20. The summed E-state index contributed by atoms with van der Waals surface area (Å²) in [4.78, 5) is 24.8. The largest absolute Gasteiger partial charge is 0.292 e. The van der Waals surface area contributed by atoms with Crippen LogP contribution in [0.15, 0.2) is 34.2 Å². The van der Waals surface area contributed by atoms with Gasteiger partial charge in [0.15, 0.2) is 5.69 Å². The monoisotopic (exact) mass is 352 g/mol. The van der Waals surface area contributed by atoms with Crippen molar-refractivity contribution in [1.29, 1.82) is 0 Å². The van der Waals surface area contributed by atoms with Crippen LogP contribution in [0.2, 0.25) is 0 Å². The van der Waals surface area contributed by atoms with Crippen molar-refractivity contribution in [3.8, 4) is 0 Å². The Kier molecular flexibility index (Phi) is 4.57. The second-order valence-electron chi connectivity index (χ2n) is 7.49. The zero-order valence-corrected chi connectivity index (χ0v) is 15.1. The third kappa shape index (κ3) is 3.16. The van der Waals surface area contributed by atoms with Gasteiger partial charge in [-0.05, 0) is 43.6 Å². The van der Waals surface area contributed by atoms with E-state index >= 15 is 0 Å². The van der Waals surface area contributed by atoms with Crippen molar-refractivity contribution in [2.24, 2.45) is 24.0 Å². The molecule has 2 aliphatic rings. The van der Waals surface area contributed by atoms with Crippen LogP contribution < -0.4 is 11.0 Å². The summed E-state index contributed by atoms with van der Waals surface area (Å²) in [7, 11) is 1.56. The molecule has 2 aromatic rings. The number of aryl methyl sites for hydroxylation is 1. The van der Waals surface area contributed by atoms with Gasteiger partial charge in [0.1, 0.15) is 0 Å². The van der Waals surface area contributed by atoms with Gasteiger partial charge in [-0.15, -0.1) is 0 Å². The molecular weight excluding hydrogens is 328 g/mol. The molecule has 2 atom stereocenters. The molecule has 26 heavy (non-hydrogen) atoms. The van der Waals surface area contributed by atoms with E-state index < -0.39 is 0 Å². The Morgan fingerprint density at radius 3 is 2.69 bits per heavy atom. The van der Waals surface area contributed by atoms with E-state index in [9.17, 15) is 9.59 Å². The van der Waals surface area contributed by atoms with Crippen LogP contribution in [-0.2, 0) is 7.05 Å². The number of aromatic nitrogens is 2. The molecule has 0 radical (unpaired) electrons. The number of amides is 1. The van der Waals surface area contributed by atoms with Crippen LogP contribution in [0, 0.1) is 11.8 Å². The number of hydrogen-bond acceptors (Lipinski definition) is 4. The van der Waals surface area contributed by atoms with Crippen molar-refractivity contribution in [2.75, 3.05) is 0 Å². The van der Waals surface area contributed by atoms with Crippen LogP contribution in [0.4, 0.5) is 0 Å². The number of carbonyl (C=O) groups is 1. The summed E-state index contributed by atoms with van der Waals surface area (Å²) in [6, 6.07) is 7.05. The summed E-state index contributed by atoms with van der Waals surface area (Å²) < 4.78 is 1.21. The maximum atomic E-state index is 12.7. The lowest BCUT2D eigenvalue weighted by atomic mass is 9.70. The van der Waals surface area contributed by atoms with Gasteiger partial charge in [0.2, 0.25) is 0 Å². The highest BCUT2D eigenvalue weighted by atomic mass is 16.2. The molecule has 2 fully saturated rings. The Bertz CT molecular complexity index is 931. The van der Waals surface area contributed by atoms with Gasteiger partial charge >= 0.3 is 0 Å². The second-order valence-corrected chi connectivity index (χ2v) is 7.49. The predicted octanol–water partition coefficient (Wildman–Crippen LogP) is 3.01. The molecule has 1 aromatic carbocycles. The zero-order valence-electron chi connectivity index (χ0n) is 15.1. The second kappa shape index (κ2) is 7.02. The first-order valence-electron chi connectivity index (χ1n) is 9.45. The van der Waals surface area contributed by atoms with Gasteiger partial charge in [0, 0.05) is 18.1 Å². The Balaban J connectivity index is 1.55. The Hall–Kier alpha value is -2.50. The fourth-order valence-electron chi connectivity index (χ4n) is 4.44. The molecule has 0 spiro atoms. The van der Waals surface area contributed by atoms with Crippen LogP contribution in [0.3, 0.4) is 0 Å². The highest BCUT2D eigenvalue weighted by Crippen LogP contribution is 2.39. The smallest absolute Gasteiger partial charge is 0.267 e. The third-order valence-electron chi connectivity index (χ3n) is 5.86. The summed E-state index contributed by atoms with van der Waals surface area (Å²) >= 11 is 0. The molecule has 1 amide bonds. The molecule has 0 bridgehead atoms. The summed E-state index contributed by atoms with van der Waals surface area (Å²) in [6.07, 6.45) is 8.43. The van der Waals surface area contributed by atoms with Crippen LogP contribution in [0.5, 0.6) is 0 Å². The number of nitrogens with zero attached hydrogens (tertiary/aromatic N) is 3. The van der Waals surface area contributed by atoms with Gasteiger partial charge in [-0.2, -0.15) is 10.2 Å². The molecule has 1 aromatic heterocycles. The third-order valence-corrected chi connectivity index (χ3v) is 5.86. The zero-order chi connectivity index (χ0) is 18.1. The SMILES string of the molecule is Cn1nc(C(=O)N/N=C2/CC[C@H]3CCCC[C@@H]3C2)c2ccccc2c1=O. The Morgan fingerprint density at radius 1 is 1.15 bits per heavy atom. The van der Waals surface area contributed by atoms with Crippen LogP contribution in [0.1, 0.15) is 55.4 Å². The Morgan fingerprint density at radius 2 is 1.88 bits per heavy atom. The summed E-state index contributed by atoms with van der Waals surface area (Å²) in [6.45, 7) is 0. The Labute approximate surface area is 152 Å². The van der Waals surface area contributed by atoms with E-state index in [1.807, 2.05) is 0 Å². The number of hydrazone groups is 1. The van der Waals surface area contributed by atoms with Crippen molar-refractivity contribution in [1.82, 2.24) is 15.2 Å². The fourth-order valence-corrected chi connectivity index (χ4v) is 4.44. The van der Waals surface area contributed by atoms with Crippen LogP contribution in [0.25, 0.3) is 10.8 Å². The molecule has 1 heterocycles. The van der Waals surface area contributed by atoms with Crippen molar-refractivity contribution in [2.45, 2.75) is 44.9 Å². The number of rotatable bonds is 2. The van der Waals surface area contributed by atoms with E-state index in [-0.39, 0.29) is 17.2 Å². The lowest BCUT2D eigenvalue weighted by molar-refractivity contribution is 0.0949. The molecular formula is C20H24N4O2. The molecule has 6 nitrogen and oxygen atoms in total. The van der Waals surface area contributed by atoms with E-state index in [4.69, 9.17) is 0 Å². The normalized spacial score (nSPS) is 24.4. The van der Waals surface area contributed by atoms with Gasteiger partial charge in [-0.25, -0.2) is 10.1 Å². The first kappa shape index (κ1) is 16.9. The van der Waals surface area contributed by atoms with Crippen LogP contribution >= 0.6 is 0 Å². The number of nitrogens with one attached hydrogen (secondary N) is 1. The summed E-state index contributed by atoms with van der Waals surface area (Å²) in [5.41, 5.74) is 3.78. The van der Waals surface area contributed by atoms with Gasteiger partial charge in [0.05, 0.1) is 5.39 Å². The maximum absolute atomic E-state index is 12.7. The van der Waals surface area contributed by atoms with Crippen molar-refractivity contribution in [3.63, 3.8) is 0 Å². The molecule has 136 valence electrons. The standard InChI is InChI=1S/C20H24N4O2/c1-24-20(26)17-9-5-4-8-16(17)18(23-24)19(25)22-21-15-11-10-13-6-2-3-7-14(13)12-15/h4-5,8-9,13-14H,2-3,6-7,10-12H2,1H3,(H,22,25)/b21-15-/t13-,14-/m1/s1. The van der Waals surface area contributed by atoms with Crippen molar-refractivity contribution >= 4 is 22.4 Å². The lowest BCUT2D eigenvalue weighted by Gasteiger charge is -2.35. The number of carbonyl (C=O) groups excluding carboxylic acids is 1. The highest BCUT2D eigenvalue weighted by Gasteiger charge is 2.30. The van der Waals surface area contributed by atoms with Gasteiger partial charge < -0.3 is 0 Å². The quantitative estimate of drug-likeness (QED) is 0.844. The molecule has 0 saturated heterocycles. The van der Waals surface area contributed by atoms with E-state index in [0.29, 0.717) is 10.8 Å². The predicted molar refractivity (Wildman–Crippen MR) is 101 cm³/mol. The minimum atomic E-state index is -0.366. The number of benzene rings is 1. The fraction of sp³-hybridized carbons (Fsp3) is 0.500. The average Bonchev–Trinajstić information content (AvgIpc) is 2.68. The maximum Gasteiger partial charge on any atom is 0.292 e. The van der Waals surface area contributed by atoms with E-state index in [0.717, 1.165) is 30.4 Å². The van der Waals surface area contributed by atoms with Gasteiger partial charge in [-0.3, -0.25) is 9.59 Å². The van der Waals surface area contributed by atoms with E-state index in [2.05, 4.69) is 15.6 Å². The minimum absolute atomic E-state index is 0.209. The van der Waals surface area contributed by atoms with Crippen molar-refractivity contribution in [3.05, 3.63) is 40.3 Å². The molecule has 1 N–H and O–H groups in total. The summed E-state index contributed by atoms with van der Waals surface area (Å²) in [5, 5.41) is 9.60. The minimum Gasteiger partial charge on any atom is -0.267 e. The van der Waals surface area contributed by atoms with Crippen LogP contribution in [-0.4, -0.2) is 21.4 Å². The number of hydrogen-bond donors (Lipinski definition) is 1. The molecule has 0 aliphatic heterocycles. The molecule has 2 aliphatic carbocycles. The molecule has 6 heteroatoms. The number of fused-ring (bicyclic) bond motifs is 2. The lowest BCUT2D eigenvalue weighted by Crippen LogP contribution is -2.31. The first-order valence-corrected chi connectivity index (χ1v) is 9.45. The molecule has 0 unspecified atom stereocenters. The molecule has 4 rings (SSSR count). The highest BCUT2D eigenvalue weighted by molar-refractivity contribution is 6.05. The van der Waals surface area contributed by atoms with Crippen molar-refractivity contribution < 1.29 is 4.79 Å². The van der Waals surface area contributed by atoms with Gasteiger partial charge in [0.25, 0.3) is 11.5 Å². The van der Waals surface area contributed by atoms with E-state index in [1.54, 1.807) is 31.3 Å². The first-order chi connectivity index (χ1) is 12.6. The molecule has 2 saturated carbocycles. The van der Waals surface area contributed by atoms with E-state index in [1.165, 1.54) is 36.8 Å². The van der Waals surface area contributed by atoms with Gasteiger partial charge in [-0.1, -0.05) is 37.5 Å².